The summed E-state index contributed by atoms with van der Waals surface area (Å²) in [6.07, 6.45) is 7.05. The number of halogens is 1. The second-order valence-electron chi connectivity index (χ2n) is 7.02. The van der Waals surface area contributed by atoms with E-state index in [0.717, 1.165) is 22.5 Å². The van der Waals surface area contributed by atoms with E-state index >= 15 is 0 Å². The van der Waals surface area contributed by atoms with Crippen molar-refractivity contribution in [3.8, 4) is 0 Å². The van der Waals surface area contributed by atoms with Crippen molar-refractivity contribution in [2.45, 2.75) is 6.61 Å². The van der Waals surface area contributed by atoms with Gasteiger partial charge in [0.05, 0.1) is 12.4 Å². The normalized spacial score (nSPS) is 11.1. The lowest BCUT2D eigenvalue weighted by molar-refractivity contribution is -0.00000696. The van der Waals surface area contributed by atoms with Crippen molar-refractivity contribution < 1.29 is 17.5 Å². The van der Waals surface area contributed by atoms with Crippen molar-refractivity contribution in [3.63, 3.8) is 0 Å². The lowest BCUT2D eigenvalue weighted by Crippen LogP contribution is -3.00. The summed E-state index contributed by atoms with van der Waals surface area (Å²) in [6, 6.07) is 16.2. The van der Waals surface area contributed by atoms with Crippen LogP contribution in [0.15, 0.2) is 71.1 Å². The summed E-state index contributed by atoms with van der Waals surface area (Å²) in [4.78, 5) is 4.09. The second kappa shape index (κ2) is 10.6. The minimum Gasteiger partial charge on any atom is -1.00 e. The van der Waals surface area contributed by atoms with Crippen LogP contribution in [0.5, 0.6) is 0 Å². The van der Waals surface area contributed by atoms with E-state index in [-0.39, 0.29) is 19.0 Å². The molecule has 0 unspecified atom stereocenters. The minimum absolute atomic E-state index is 0. The molecule has 3 rings (SSSR count). The van der Waals surface area contributed by atoms with Crippen LogP contribution in [-0.2, 0) is 6.61 Å². The van der Waals surface area contributed by atoms with Crippen molar-refractivity contribution in [2.75, 3.05) is 38.0 Å². The van der Waals surface area contributed by atoms with Crippen LogP contribution in [0.25, 0.3) is 0 Å². The summed E-state index contributed by atoms with van der Waals surface area (Å²) >= 11 is 0. The Morgan fingerprint density at radius 1 is 0.767 bits per heavy atom. The quantitative estimate of drug-likeness (QED) is 0.426. The molecule has 0 bridgehead atoms. The molecule has 2 aromatic carbocycles. The van der Waals surface area contributed by atoms with Crippen molar-refractivity contribution in [2.24, 2.45) is 10.2 Å². The summed E-state index contributed by atoms with van der Waals surface area (Å²) in [6.45, 7) is -0.180. The topological polar surface area (TPSA) is 61.3 Å². The average Bonchev–Trinajstić information content (AvgIpc) is 3.13. The lowest BCUT2D eigenvalue weighted by atomic mass is 10.2. The number of imidazole rings is 1. The molecule has 0 aliphatic rings. The zero-order chi connectivity index (χ0) is 20.8. The van der Waals surface area contributed by atoms with Crippen molar-refractivity contribution >= 4 is 23.8 Å². The molecule has 7 nitrogen and oxygen atoms in total. The van der Waals surface area contributed by atoms with Crippen molar-refractivity contribution in [1.29, 1.82) is 0 Å². The average molecular weight is 427 g/mol. The van der Waals surface area contributed by atoms with Gasteiger partial charge in [-0.1, -0.05) is 24.3 Å². The van der Waals surface area contributed by atoms with Gasteiger partial charge in [0.2, 0.25) is 0 Å². The van der Waals surface area contributed by atoms with Gasteiger partial charge in [0.15, 0.2) is 12.4 Å². The minimum atomic E-state index is -0.180. The summed E-state index contributed by atoms with van der Waals surface area (Å²) in [5.74, 6) is 0.562. The Bertz CT molecular complexity index is 912. The van der Waals surface area contributed by atoms with Gasteiger partial charge in [0, 0.05) is 39.6 Å². The fourth-order valence-electron chi connectivity index (χ4n) is 2.73. The Balaban J connectivity index is 0.00000320. The molecule has 0 saturated carbocycles. The van der Waals surface area contributed by atoms with E-state index in [4.69, 9.17) is 0 Å². The van der Waals surface area contributed by atoms with Gasteiger partial charge in [-0.2, -0.15) is 0 Å². The Kier molecular flexibility index (Phi) is 8.15. The predicted molar refractivity (Wildman–Crippen MR) is 120 cm³/mol. The zero-order valence-corrected chi connectivity index (χ0v) is 18.4. The van der Waals surface area contributed by atoms with Crippen LogP contribution in [0, 0.1) is 0 Å². The molecule has 30 heavy (non-hydrogen) atoms. The van der Waals surface area contributed by atoms with Crippen molar-refractivity contribution in [1.82, 2.24) is 9.35 Å². The Morgan fingerprint density at radius 2 is 1.13 bits per heavy atom. The summed E-state index contributed by atoms with van der Waals surface area (Å²) < 4.78 is 3.23. The van der Waals surface area contributed by atoms with Crippen LogP contribution in [0.1, 0.15) is 17.0 Å². The van der Waals surface area contributed by atoms with E-state index in [2.05, 4.69) is 10.2 Å². The van der Waals surface area contributed by atoms with E-state index in [9.17, 15) is 5.11 Å². The van der Waals surface area contributed by atoms with E-state index in [1.807, 2.05) is 86.5 Å². The fourth-order valence-corrected chi connectivity index (χ4v) is 2.73. The van der Waals surface area contributed by atoms with E-state index in [1.165, 1.54) is 0 Å². The highest BCUT2D eigenvalue weighted by atomic mass is 35.5. The molecule has 0 atom stereocenters. The van der Waals surface area contributed by atoms with Gasteiger partial charge in [0.25, 0.3) is 5.82 Å². The zero-order valence-electron chi connectivity index (χ0n) is 17.6. The van der Waals surface area contributed by atoms with E-state index in [1.54, 1.807) is 34.2 Å². The molecule has 1 N–H and O–H groups in total. The number of aromatic nitrogens is 2. The van der Waals surface area contributed by atoms with Gasteiger partial charge in [-0.3, -0.25) is 0 Å². The first-order valence-corrected chi connectivity index (χ1v) is 9.34. The molecule has 1 aromatic heterocycles. The largest absolute Gasteiger partial charge is 1.00 e. The fraction of sp³-hybridized carbons (Fsp3) is 0.227. The monoisotopic (exact) mass is 426 g/mol. The van der Waals surface area contributed by atoms with E-state index < -0.39 is 0 Å². The SMILES string of the molecule is CN(C)c1ccc(C=Nn2ccn(N=Cc3ccc(N(C)C)cc3)[c+]2CO)cc1.[Cl-]. The number of hydrogen-bond donors (Lipinski definition) is 1. The highest BCUT2D eigenvalue weighted by Crippen LogP contribution is 2.13. The number of aliphatic hydroxyl groups excluding tert-OH is 1. The third kappa shape index (κ3) is 5.68. The number of hydrogen-bond acceptors (Lipinski definition) is 5. The van der Waals surface area contributed by atoms with Crippen LogP contribution in [0.3, 0.4) is 0 Å². The van der Waals surface area contributed by atoms with Gasteiger partial charge in [-0.25, -0.2) is 0 Å². The summed E-state index contributed by atoms with van der Waals surface area (Å²) in [5.41, 5.74) is 4.21. The Labute approximate surface area is 183 Å². The maximum absolute atomic E-state index is 9.78. The molecule has 0 aliphatic carbocycles. The van der Waals surface area contributed by atoms with Crippen LogP contribution in [0.4, 0.5) is 11.4 Å². The molecular weight excluding hydrogens is 400 g/mol. The molecule has 0 aliphatic heterocycles. The standard InChI is InChI=1S/C22H27N6O.ClH/c1-25(2)20-9-5-18(6-10-20)15-23-27-13-14-28(22(27)17-29)24-16-19-7-11-21(12-8-19)26(3)4;/h5-16,29H,17H2,1-4H3;1H/q+1;/p-1. The van der Waals surface area contributed by atoms with Gasteiger partial charge in [-0.15, -0.1) is 19.6 Å². The molecule has 0 fully saturated rings. The highest BCUT2D eigenvalue weighted by molar-refractivity contribution is 5.81. The van der Waals surface area contributed by atoms with Gasteiger partial charge >= 0.3 is 0 Å². The lowest BCUT2D eigenvalue weighted by Gasteiger charge is -2.11. The third-order valence-electron chi connectivity index (χ3n) is 4.50. The first-order chi connectivity index (χ1) is 14.0. The van der Waals surface area contributed by atoms with Crippen LogP contribution < -0.4 is 22.2 Å². The van der Waals surface area contributed by atoms with Gasteiger partial charge in [0.1, 0.15) is 6.61 Å². The molecule has 158 valence electrons. The smallest absolute Gasteiger partial charge is 0.264 e. The number of nitrogens with zero attached hydrogens (tertiary/aromatic N) is 6. The Hall–Kier alpha value is -3.16. The third-order valence-corrected chi connectivity index (χ3v) is 4.50. The van der Waals surface area contributed by atoms with Crippen LogP contribution in [-0.4, -0.2) is 55.1 Å². The number of benzene rings is 2. The number of rotatable bonds is 7. The maximum atomic E-state index is 9.78. The summed E-state index contributed by atoms with van der Waals surface area (Å²) in [7, 11) is 8.03. The molecule has 0 saturated heterocycles. The van der Waals surface area contributed by atoms with Crippen molar-refractivity contribution in [3.05, 3.63) is 77.9 Å². The van der Waals surface area contributed by atoms with Crippen LogP contribution in [0.2, 0.25) is 0 Å². The Morgan fingerprint density at radius 3 is 1.43 bits per heavy atom. The number of aliphatic hydroxyl groups is 1. The van der Waals surface area contributed by atoms with Crippen LogP contribution >= 0.6 is 0 Å². The first-order valence-electron chi connectivity index (χ1n) is 9.34. The first kappa shape index (κ1) is 23.1. The molecular formula is C22H27ClN6O. The van der Waals surface area contributed by atoms with Gasteiger partial charge in [-0.05, 0) is 35.4 Å². The highest BCUT2D eigenvalue weighted by Gasteiger charge is 2.13. The molecule has 0 amide bonds. The maximum Gasteiger partial charge on any atom is 0.264 e. The summed E-state index contributed by atoms with van der Waals surface area (Å²) in [5, 5.41) is 18.7. The molecule has 3 aromatic rings. The molecule has 1 heterocycles. The molecule has 0 radical (unpaired) electrons. The second-order valence-corrected chi connectivity index (χ2v) is 7.02. The molecule has 0 spiro atoms. The number of anilines is 2. The molecule has 8 heteroatoms. The van der Waals surface area contributed by atoms with E-state index in [0.29, 0.717) is 5.82 Å². The van der Waals surface area contributed by atoms with Gasteiger partial charge < -0.3 is 27.3 Å². The predicted octanol–water partition coefficient (Wildman–Crippen LogP) is -0.0366.